The highest BCUT2D eigenvalue weighted by Gasteiger charge is 2.22. The summed E-state index contributed by atoms with van der Waals surface area (Å²) in [6, 6.07) is 27.1. The monoisotopic (exact) mass is 506 g/mol. The van der Waals surface area contributed by atoms with Gasteiger partial charge in [-0.25, -0.2) is 9.97 Å². The van der Waals surface area contributed by atoms with Gasteiger partial charge in [-0.05, 0) is 30.3 Å². The fourth-order valence-corrected chi connectivity index (χ4v) is 3.55. The lowest BCUT2D eigenvalue weighted by Gasteiger charge is -2.18. The summed E-state index contributed by atoms with van der Waals surface area (Å²) in [7, 11) is 0. The van der Waals surface area contributed by atoms with Gasteiger partial charge in [0.2, 0.25) is 11.8 Å². The number of nitrogens with one attached hydrogen (secondary N) is 2. The summed E-state index contributed by atoms with van der Waals surface area (Å²) >= 11 is 0. The second kappa shape index (κ2) is 10.6. The Hall–Kier alpha value is -4.32. The molecule has 0 spiro atoms. The number of aromatic nitrogens is 2. The van der Waals surface area contributed by atoms with Crippen molar-refractivity contribution in [3.63, 3.8) is 0 Å². The molecule has 0 aliphatic carbocycles. The van der Waals surface area contributed by atoms with Crippen molar-refractivity contribution in [1.29, 1.82) is 0 Å². The van der Waals surface area contributed by atoms with Gasteiger partial charge in [0.1, 0.15) is 0 Å². The van der Waals surface area contributed by atoms with Gasteiger partial charge < -0.3 is 10.6 Å². The average molecular weight is 507 g/mol. The second-order valence-electron chi connectivity index (χ2n) is 11.4. The molecule has 38 heavy (non-hydrogen) atoms. The molecule has 0 radical (unpaired) electrons. The predicted octanol–water partition coefficient (Wildman–Crippen LogP) is 7.45. The van der Waals surface area contributed by atoms with Gasteiger partial charge in [0.15, 0.2) is 5.82 Å². The van der Waals surface area contributed by atoms with Crippen molar-refractivity contribution in [1.82, 2.24) is 9.97 Å². The molecule has 0 unspecified atom stereocenters. The molecule has 6 heteroatoms. The van der Waals surface area contributed by atoms with Crippen LogP contribution in [0, 0.1) is 10.8 Å². The minimum absolute atomic E-state index is 0.0388. The van der Waals surface area contributed by atoms with Gasteiger partial charge in [0.25, 0.3) is 0 Å². The zero-order chi connectivity index (χ0) is 27.5. The first-order chi connectivity index (χ1) is 17.9. The molecular formula is C32H34N4O2. The van der Waals surface area contributed by atoms with Crippen LogP contribution in [0.5, 0.6) is 0 Å². The zero-order valence-electron chi connectivity index (χ0n) is 22.8. The number of amides is 2. The van der Waals surface area contributed by atoms with Crippen LogP contribution in [0.1, 0.15) is 41.5 Å². The van der Waals surface area contributed by atoms with E-state index in [2.05, 4.69) is 10.6 Å². The largest absolute Gasteiger partial charge is 0.326 e. The number of hydrogen-bond donors (Lipinski definition) is 2. The number of carbonyl (C=O) groups is 2. The van der Waals surface area contributed by atoms with Gasteiger partial charge in [-0.3, -0.25) is 9.59 Å². The highest BCUT2D eigenvalue weighted by Crippen LogP contribution is 2.29. The summed E-state index contributed by atoms with van der Waals surface area (Å²) in [5, 5.41) is 5.92. The number of nitrogens with zero attached hydrogens (tertiary/aromatic N) is 2. The van der Waals surface area contributed by atoms with E-state index in [1.807, 2.05) is 126 Å². The Balaban J connectivity index is 1.68. The summed E-state index contributed by atoms with van der Waals surface area (Å²) in [4.78, 5) is 34.5. The minimum atomic E-state index is -0.476. The van der Waals surface area contributed by atoms with Crippen molar-refractivity contribution in [2.45, 2.75) is 41.5 Å². The highest BCUT2D eigenvalue weighted by atomic mass is 16.2. The minimum Gasteiger partial charge on any atom is -0.326 e. The number of hydrogen-bond acceptors (Lipinski definition) is 4. The van der Waals surface area contributed by atoms with Gasteiger partial charge in [0, 0.05) is 38.9 Å². The summed E-state index contributed by atoms with van der Waals surface area (Å²) in [5.74, 6) is 0.541. The molecule has 0 saturated heterocycles. The molecule has 4 rings (SSSR count). The Morgan fingerprint density at radius 2 is 0.947 bits per heavy atom. The Morgan fingerprint density at radius 3 is 1.32 bits per heavy atom. The second-order valence-corrected chi connectivity index (χ2v) is 11.4. The van der Waals surface area contributed by atoms with Crippen LogP contribution in [0.4, 0.5) is 11.4 Å². The van der Waals surface area contributed by atoms with Crippen LogP contribution in [-0.2, 0) is 9.59 Å². The number of benzene rings is 3. The summed E-state index contributed by atoms with van der Waals surface area (Å²) in [6.07, 6.45) is 0. The van der Waals surface area contributed by atoms with E-state index in [-0.39, 0.29) is 11.8 Å². The van der Waals surface area contributed by atoms with E-state index in [4.69, 9.17) is 9.97 Å². The van der Waals surface area contributed by atoms with Crippen molar-refractivity contribution in [2.75, 3.05) is 10.6 Å². The zero-order valence-corrected chi connectivity index (χ0v) is 22.8. The Bertz CT molecular complexity index is 1340. The van der Waals surface area contributed by atoms with E-state index in [1.165, 1.54) is 0 Å². The quantitative estimate of drug-likeness (QED) is 0.294. The molecule has 0 aliphatic rings. The lowest BCUT2D eigenvalue weighted by molar-refractivity contribution is -0.123. The number of rotatable bonds is 5. The smallest absolute Gasteiger partial charge is 0.229 e. The molecule has 3 aromatic carbocycles. The van der Waals surface area contributed by atoms with Crippen molar-refractivity contribution < 1.29 is 9.59 Å². The van der Waals surface area contributed by atoms with E-state index >= 15 is 0 Å². The van der Waals surface area contributed by atoms with Crippen molar-refractivity contribution in [3.8, 4) is 33.9 Å². The first-order valence-corrected chi connectivity index (χ1v) is 12.7. The van der Waals surface area contributed by atoms with Gasteiger partial charge in [0.05, 0.1) is 11.4 Å². The van der Waals surface area contributed by atoms with Crippen LogP contribution in [0.2, 0.25) is 0 Å². The topological polar surface area (TPSA) is 84.0 Å². The van der Waals surface area contributed by atoms with Crippen LogP contribution < -0.4 is 10.6 Å². The van der Waals surface area contributed by atoms with Crippen LogP contribution >= 0.6 is 0 Å². The molecule has 2 amide bonds. The molecule has 0 atom stereocenters. The van der Waals surface area contributed by atoms with E-state index < -0.39 is 10.8 Å². The van der Waals surface area contributed by atoms with Crippen LogP contribution in [0.3, 0.4) is 0 Å². The number of anilines is 2. The maximum absolute atomic E-state index is 12.4. The van der Waals surface area contributed by atoms with Gasteiger partial charge >= 0.3 is 0 Å². The molecule has 4 aromatic rings. The van der Waals surface area contributed by atoms with Gasteiger partial charge in [-0.1, -0.05) is 96.1 Å². The highest BCUT2D eigenvalue weighted by molar-refractivity contribution is 5.95. The molecule has 0 saturated carbocycles. The molecule has 1 heterocycles. The summed E-state index contributed by atoms with van der Waals surface area (Å²) in [5.41, 5.74) is 4.80. The van der Waals surface area contributed by atoms with Crippen molar-refractivity contribution in [3.05, 3.63) is 84.9 Å². The Kier molecular flexibility index (Phi) is 7.44. The Labute approximate surface area is 224 Å². The first kappa shape index (κ1) is 26.7. The lowest BCUT2D eigenvalue weighted by atomic mass is 9.95. The molecule has 0 bridgehead atoms. The average Bonchev–Trinajstić information content (AvgIpc) is 2.88. The van der Waals surface area contributed by atoms with E-state index in [0.29, 0.717) is 5.82 Å². The Morgan fingerprint density at radius 1 is 0.553 bits per heavy atom. The predicted molar refractivity (Wildman–Crippen MR) is 155 cm³/mol. The van der Waals surface area contributed by atoms with E-state index in [0.717, 1.165) is 39.5 Å². The SMILES string of the molecule is CC(C)(C)C(=O)Nc1ccc(-c2cc(-c3ccc(NC(=O)C(C)(C)C)cc3)nc(-c3ccccc3)n2)cc1. The summed E-state index contributed by atoms with van der Waals surface area (Å²) < 4.78 is 0. The molecule has 2 N–H and O–H groups in total. The third-order valence-corrected chi connectivity index (χ3v) is 6.00. The third-order valence-electron chi connectivity index (χ3n) is 6.00. The van der Waals surface area contributed by atoms with Crippen LogP contribution in [0.25, 0.3) is 33.9 Å². The maximum Gasteiger partial charge on any atom is 0.229 e. The molecule has 194 valence electrons. The molecule has 1 aromatic heterocycles. The fourth-order valence-electron chi connectivity index (χ4n) is 3.55. The van der Waals surface area contributed by atoms with Crippen molar-refractivity contribution in [2.24, 2.45) is 10.8 Å². The molecule has 0 fully saturated rings. The maximum atomic E-state index is 12.4. The van der Waals surface area contributed by atoms with Gasteiger partial charge in [-0.15, -0.1) is 0 Å². The summed E-state index contributed by atoms with van der Waals surface area (Å²) in [6.45, 7) is 11.3. The lowest BCUT2D eigenvalue weighted by Crippen LogP contribution is -2.27. The normalized spacial score (nSPS) is 11.6. The van der Waals surface area contributed by atoms with Crippen LogP contribution in [0.15, 0.2) is 84.9 Å². The molecule has 0 aliphatic heterocycles. The third kappa shape index (κ3) is 6.51. The van der Waals surface area contributed by atoms with Crippen molar-refractivity contribution >= 4 is 23.2 Å². The van der Waals surface area contributed by atoms with E-state index in [1.54, 1.807) is 0 Å². The fraction of sp³-hybridized carbons (Fsp3) is 0.250. The number of carbonyl (C=O) groups excluding carboxylic acids is 2. The molecule has 6 nitrogen and oxygen atoms in total. The molecular weight excluding hydrogens is 472 g/mol. The van der Waals surface area contributed by atoms with Gasteiger partial charge in [-0.2, -0.15) is 0 Å². The van der Waals surface area contributed by atoms with E-state index in [9.17, 15) is 9.59 Å². The van der Waals surface area contributed by atoms with Crippen LogP contribution in [-0.4, -0.2) is 21.8 Å². The first-order valence-electron chi connectivity index (χ1n) is 12.7. The standard InChI is InChI=1S/C32H34N4O2/c1-31(2,3)29(37)33-24-16-12-21(13-17-24)26-20-27(36-28(35-26)23-10-8-7-9-11-23)22-14-18-25(19-15-22)34-30(38)32(4,5)6/h7-20H,1-6H3,(H,33,37)(H,34,38).